The van der Waals surface area contributed by atoms with Gasteiger partial charge in [-0.1, -0.05) is 38.1 Å². The first-order valence-corrected chi connectivity index (χ1v) is 13.4. The molecule has 0 heterocycles. The van der Waals surface area contributed by atoms with Crippen molar-refractivity contribution in [1.29, 1.82) is 0 Å². The van der Waals surface area contributed by atoms with Crippen LogP contribution in [-0.2, 0) is 15.7 Å². The minimum atomic E-state index is -1.53. The number of nitrogens with one attached hydrogen (secondary N) is 1. The van der Waals surface area contributed by atoms with E-state index >= 15 is 0 Å². The number of carbonyl (C=O) groups excluding carboxylic acids is 1. The van der Waals surface area contributed by atoms with E-state index in [4.69, 9.17) is 4.74 Å². The van der Waals surface area contributed by atoms with Crippen molar-refractivity contribution in [2.45, 2.75) is 42.9 Å². The fourth-order valence-electron chi connectivity index (χ4n) is 3.46. The Morgan fingerprint density at radius 1 is 1.21 bits per heavy atom. The van der Waals surface area contributed by atoms with Crippen LogP contribution in [0.1, 0.15) is 47.7 Å². The molecule has 1 N–H and O–H groups in total. The van der Waals surface area contributed by atoms with Crippen LogP contribution in [-0.4, -0.2) is 29.8 Å². The molecule has 1 unspecified atom stereocenters. The van der Waals surface area contributed by atoms with E-state index in [0.717, 1.165) is 27.4 Å². The molecule has 0 spiro atoms. The van der Waals surface area contributed by atoms with Crippen molar-refractivity contribution >= 4 is 40.6 Å². The second-order valence-corrected chi connectivity index (χ2v) is 10.2. The predicted octanol–water partition coefficient (Wildman–Crippen LogP) is 6.41. The van der Waals surface area contributed by atoms with Gasteiger partial charge in [-0.3, -0.25) is 4.99 Å². The van der Waals surface area contributed by atoms with Crippen LogP contribution in [0.4, 0.5) is 5.69 Å². The van der Waals surface area contributed by atoms with E-state index in [1.54, 1.807) is 23.9 Å². The van der Waals surface area contributed by atoms with Crippen LogP contribution in [0.15, 0.2) is 86.8 Å². The normalized spacial score (nSPS) is 14.5. The van der Waals surface area contributed by atoms with E-state index in [1.165, 1.54) is 12.7 Å². The van der Waals surface area contributed by atoms with Crippen LogP contribution in [0.5, 0.6) is 0 Å². The molecule has 1 aliphatic rings. The lowest BCUT2D eigenvalue weighted by molar-refractivity contribution is 0.0598. The minimum Gasteiger partial charge on any atom is -0.465 e. The zero-order valence-electron chi connectivity index (χ0n) is 20.1. The molecule has 7 heteroatoms. The van der Waals surface area contributed by atoms with Gasteiger partial charge >= 0.3 is 5.97 Å². The minimum absolute atomic E-state index is 0.147. The number of allylic oxidation sites excluding steroid dienone is 5. The number of carbonyl (C=O) groups is 1. The second kappa shape index (κ2) is 12.0. The maximum atomic E-state index is 13.0. The van der Waals surface area contributed by atoms with Crippen LogP contribution >= 0.6 is 11.8 Å². The Hall–Kier alpha value is -2.90. The summed E-state index contributed by atoms with van der Waals surface area (Å²) in [6.07, 6.45) is 12.4. The Balaban J connectivity index is 1.77. The largest absolute Gasteiger partial charge is 0.465 e. The van der Waals surface area contributed by atoms with Gasteiger partial charge in [0.2, 0.25) is 0 Å². The second-order valence-electron chi connectivity index (χ2n) is 8.17. The lowest BCUT2D eigenvalue weighted by Gasteiger charge is -2.13. The summed E-state index contributed by atoms with van der Waals surface area (Å²) in [5, 5.41) is 0. The van der Waals surface area contributed by atoms with E-state index in [0.29, 0.717) is 16.9 Å². The number of benzene rings is 2. The van der Waals surface area contributed by atoms with Gasteiger partial charge in [0.25, 0.3) is 0 Å². The fourth-order valence-corrected chi connectivity index (χ4v) is 4.98. The van der Waals surface area contributed by atoms with Gasteiger partial charge in [-0.15, -0.1) is 11.8 Å². The van der Waals surface area contributed by atoms with Gasteiger partial charge in [0, 0.05) is 16.8 Å². The molecule has 0 bridgehead atoms. The highest BCUT2D eigenvalue weighted by atomic mass is 32.2. The van der Waals surface area contributed by atoms with Crippen LogP contribution in [0, 0.1) is 6.92 Å². The molecule has 2 aromatic rings. The van der Waals surface area contributed by atoms with Crippen molar-refractivity contribution in [3.05, 3.63) is 88.7 Å². The third-order valence-electron chi connectivity index (χ3n) is 5.31. The summed E-state index contributed by atoms with van der Waals surface area (Å²) in [7, 11) is -0.183. The molecule has 1 atom stereocenters. The Morgan fingerprint density at radius 3 is 2.71 bits per heavy atom. The summed E-state index contributed by atoms with van der Waals surface area (Å²) in [5.74, 6) is -0.282. The Labute approximate surface area is 208 Å². The van der Waals surface area contributed by atoms with Gasteiger partial charge in [-0.2, -0.15) is 0 Å². The van der Waals surface area contributed by atoms with Crippen LogP contribution in [0.2, 0.25) is 0 Å². The summed E-state index contributed by atoms with van der Waals surface area (Å²) in [5.41, 5.74) is 5.22. The highest BCUT2D eigenvalue weighted by molar-refractivity contribution is 7.98. The number of nitrogens with zero attached hydrogens (tertiary/aromatic N) is 1. The first-order valence-electron chi connectivity index (χ1n) is 11.0. The Bertz CT molecular complexity index is 1210. The quantitative estimate of drug-likeness (QED) is 0.261. The number of methoxy groups -OCH3 is 1. The van der Waals surface area contributed by atoms with Crippen LogP contribution in [0.25, 0.3) is 0 Å². The molecule has 178 valence electrons. The number of ether oxygens (including phenoxy) is 1. The van der Waals surface area contributed by atoms with Crippen molar-refractivity contribution in [2.24, 2.45) is 4.99 Å². The van der Waals surface area contributed by atoms with Gasteiger partial charge in [-0.25, -0.2) is 9.00 Å². The molecule has 2 aromatic carbocycles. The first kappa shape index (κ1) is 25.7. The number of aryl methyl sites for hydroxylation is 1. The van der Waals surface area contributed by atoms with Crippen molar-refractivity contribution in [3.8, 4) is 0 Å². The number of hydrogen-bond donors (Lipinski definition) is 1. The van der Waals surface area contributed by atoms with Crippen LogP contribution in [0.3, 0.4) is 0 Å². The highest BCUT2D eigenvalue weighted by Crippen LogP contribution is 2.29. The molecule has 1 aliphatic carbocycles. The number of rotatable bonds is 8. The first-order chi connectivity index (χ1) is 16.3. The standard InChI is InChI=1S/C27H30N2O3S2/c1-18(2)23-13-12-22(16-24(23)27(30)32-4)34(31)29-21-8-6-7-20(10-11-21)17-28-25-14-9-19(3)15-26(25)33-5/h6,8-18,29H,7H2,1-5H3. The zero-order chi connectivity index (χ0) is 24.7. The average molecular weight is 495 g/mol. The molecule has 0 saturated heterocycles. The van der Waals surface area contributed by atoms with Crippen molar-refractivity contribution in [3.63, 3.8) is 0 Å². The molecular weight excluding hydrogens is 464 g/mol. The Kier molecular flexibility index (Phi) is 9.07. The maximum absolute atomic E-state index is 13.0. The van der Waals surface area contributed by atoms with Gasteiger partial charge in [0.15, 0.2) is 0 Å². The summed E-state index contributed by atoms with van der Waals surface area (Å²) in [4.78, 5) is 18.5. The summed E-state index contributed by atoms with van der Waals surface area (Å²) in [6, 6.07) is 11.5. The third-order valence-corrected chi connectivity index (χ3v) is 7.18. The van der Waals surface area contributed by atoms with E-state index < -0.39 is 17.0 Å². The lowest BCUT2D eigenvalue weighted by atomic mass is 9.97. The van der Waals surface area contributed by atoms with E-state index in [9.17, 15) is 9.00 Å². The molecule has 34 heavy (non-hydrogen) atoms. The Morgan fingerprint density at radius 2 is 2.00 bits per heavy atom. The monoisotopic (exact) mass is 494 g/mol. The van der Waals surface area contributed by atoms with E-state index in [1.807, 2.05) is 62.8 Å². The van der Waals surface area contributed by atoms with Gasteiger partial charge in [-0.05, 0) is 78.6 Å². The number of aliphatic imine (C=N–C) groups is 1. The number of thioether (sulfide) groups is 1. The van der Waals surface area contributed by atoms with Crippen molar-refractivity contribution in [2.75, 3.05) is 13.4 Å². The molecule has 0 radical (unpaired) electrons. The molecule has 5 nitrogen and oxygen atoms in total. The molecule has 3 rings (SSSR count). The third kappa shape index (κ3) is 6.58. The molecule has 0 aromatic heterocycles. The summed E-state index contributed by atoms with van der Waals surface area (Å²) in [6.45, 7) is 6.08. The number of hydrogen-bond acceptors (Lipinski definition) is 5. The van der Waals surface area contributed by atoms with E-state index in [-0.39, 0.29) is 5.92 Å². The van der Waals surface area contributed by atoms with Crippen molar-refractivity contribution < 1.29 is 13.7 Å². The van der Waals surface area contributed by atoms with Gasteiger partial charge in [0.1, 0.15) is 11.0 Å². The topological polar surface area (TPSA) is 67.8 Å². The summed E-state index contributed by atoms with van der Waals surface area (Å²) < 4.78 is 20.9. The van der Waals surface area contributed by atoms with Gasteiger partial charge < -0.3 is 9.46 Å². The lowest BCUT2D eigenvalue weighted by Crippen LogP contribution is -2.17. The maximum Gasteiger partial charge on any atom is 0.338 e. The smallest absolute Gasteiger partial charge is 0.338 e. The summed E-state index contributed by atoms with van der Waals surface area (Å²) >= 11 is 1.68. The zero-order valence-corrected chi connectivity index (χ0v) is 21.8. The van der Waals surface area contributed by atoms with Crippen molar-refractivity contribution in [1.82, 2.24) is 4.72 Å². The van der Waals surface area contributed by atoms with Crippen LogP contribution < -0.4 is 4.72 Å². The molecular formula is C27H30N2O3S2. The average Bonchev–Trinajstić information content (AvgIpc) is 3.07. The molecule has 0 aliphatic heterocycles. The molecule has 0 fully saturated rings. The molecule has 0 amide bonds. The number of esters is 1. The predicted molar refractivity (Wildman–Crippen MR) is 142 cm³/mol. The SMILES string of the molecule is COC(=O)c1cc(S(=O)NC2=CC=C(C=Nc3ccc(C)cc3SC)CC=C2)ccc1C(C)C. The highest BCUT2D eigenvalue weighted by Gasteiger charge is 2.17. The van der Waals surface area contributed by atoms with Gasteiger partial charge in [0.05, 0.1) is 23.3 Å². The molecule has 0 saturated carbocycles. The van der Waals surface area contributed by atoms with E-state index in [2.05, 4.69) is 28.8 Å². The fraction of sp³-hybridized carbons (Fsp3) is 0.259.